The maximum atomic E-state index is 13.4. The molecular weight excluding hydrogens is 442 g/mol. The first-order valence-corrected chi connectivity index (χ1v) is 11.0. The molecule has 2 aromatic rings. The second-order valence-electron chi connectivity index (χ2n) is 8.68. The summed E-state index contributed by atoms with van der Waals surface area (Å²) < 4.78 is 0. The van der Waals surface area contributed by atoms with E-state index in [0.29, 0.717) is 16.3 Å². The number of halogens is 1. The molecule has 0 spiro atoms. The molecule has 1 fully saturated rings. The number of likely N-dealkylation sites (N-methyl/N-ethyl adjacent to an activating group) is 1. The maximum absolute atomic E-state index is 13.4. The fraction of sp³-hybridized carbons (Fsp3) is 0.240. The number of rotatable bonds is 2. The number of allylic oxidation sites excluding steroid dienone is 1. The maximum Gasteiger partial charge on any atom is 0.270 e. The van der Waals surface area contributed by atoms with Crippen LogP contribution in [0.3, 0.4) is 0 Å². The number of thiocarbonyl (C=S) groups is 1. The third kappa shape index (κ3) is 3.63. The van der Waals surface area contributed by atoms with Crippen LogP contribution in [0.4, 0.5) is 11.4 Å². The number of hydrogen-bond donors (Lipinski definition) is 1. The third-order valence-electron chi connectivity index (χ3n) is 6.09. The van der Waals surface area contributed by atoms with Crippen molar-refractivity contribution in [2.45, 2.75) is 33.2 Å². The van der Waals surface area contributed by atoms with Crippen molar-refractivity contribution >= 4 is 63.8 Å². The van der Waals surface area contributed by atoms with Crippen molar-refractivity contribution in [3.63, 3.8) is 0 Å². The van der Waals surface area contributed by atoms with Gasteiger partial charge in [0, 0.05) is 23.3 Å². The van der Waals surface area contributed by atoms with Gasteiger partial charge in [-0.3, -0.25) is 19.8 Å². The molecule has 0 aromatic heterocycles. The van der Waals surface area contributed by atoms with Crippen molar-refractivity contribution in [3.05, 3.63) is 69.8 Å². The van der Waals surface area contributed by atoms with Gasteiger partial charge in [0.1, 0.15) is 5.57 Å². The summed E-state index contributed by atoms with van der Waals surface area (Å²) in [6, 6.07) is 11.2. The van der Waals surface area contributed by atoms with Crippen LogP contribution in [-0.2, 0) is 9.59 Å². The van der Waals surface area contributed by atoms with E-state index in [-0.39, 0.29) is 16.2 Å². The topological polar surface area (TPSA) is 52.7 Å². The number of aryl methyl sites for hydroxylation is 1. The van der Waals surface area contributed by atoms with Crippen LogP contribution < -0.4 is 15.1 Å². The minimum absolute atomic E-state index is 0.0187. The summed E-state index contributed by atoms with van der Waals surface area (Å²) in [6.45, 7) is 8.21. The summed E-state index contributed by atoms with van der Waals surface area (Å²) in [5, 5.41) is 3.15. The van der Waals surface area contributed by atoms with E-state index >= 15 is 0 Å². The Hall–Kier alpha value is -2.96. The highest BCUT2D eigenvalue weighted by molar-refractivity contribution is 7.80. The second-order valence-corrected chi connectivity index (χ2v) is 9.47. The molecule has 2 heterocycles. The lowest BCUT2D eigenvalue weighted by molar-refractivity contribution is -0.122. The van der Waals surface area contributed by atoms with E-state index in [1.165, 1.54) is 4.90 Å². The summed E-state index contributed by atoms with van der Waals surface area (Å²) in [6.07, 6.45) is 3.73. The summed E-state index contributed by atoms with van der Waals surface area (Å²) in [5.41, 5.74) is 5.06. The zero-order valence-electron chi connectivity index (χ0n) is 18.6. The molecule has 164 valence electrons. The normalized spacial score (nSPS) is 19.1. The first-order chi connectivity index (χ1) is 15.0. The van der Waals surface area contributed by atoms with Gasteiger partial charge in [-0.15, -0.1) is 0 Å². The highest BCUT2D eigenvalue weighted by atomic mass is 35.5. The molecule has 2 aromatic carbocycles. The lowest BCUT2D eigenvalue weighted by atomic mass is 9.88. The largest absolute Gasteiger partial charge is 0.365 e. The number of amides is 2. The van der Waals surface area contributed by atoms with E-state index in [0.717, 1.165) is 22.4 Å². The Morgan fingerprint density at radius 2 is 1.78 bits per heavy atom. The van der Waals surface area contributed by atoms with Gasteiger partial charge >= 0.3 is 0 Å². The molecule has 0 saturated carbocycles. The van der Waals surface area contributed by atoms with Gasteiger partial charge in [-0.2, -0.15) is 0 Å². The second kappa shape index (κ2) is 7.87. The Morgan fingerprint density at radius 3 is 2.47 bits per heavy atom. The molecule has 0 atom stereocenters. The number of hydrogen-bond acceptors (Lipinski definition) is 4. The third-order valence-corrected chi connectivity index (χ3v) is 6.71. The Labute approximate surface area is 198 Å². The number of anilines is 2. The van der Waals surface area contributed by atoms with Gasteiger partial charge in [0.15, 0.2) is 5.11 Å². The first kappa shape index (κ1) is 22.2. The molecule has 4 rings (SSSR count). The van der Waals surface area contributed by atoms with Crippen LogP contribution >= 0.6 is 23.8 Å². The Morgan fingerprint density at radius 1 is 1.09 bits per heavy atom. The van der Waals surface area contributed by atoms with Gasteiger partial charge in [-0.05, 0) is 80.9 Å². The van der Waals surface area contributed by atoms with Crippen molar-refractivity contribution in [2.75, 3.05) is 16.8 Å². The van der Waals surface area contributed by atoms with E-state index in [9.17, 15) is 9.59 Å². The molecular formula is C25H24ClN3O2S. The SMILES string of the molecule is CC1=CC(C)(C)N(C)c2cc(Cl)c(/C=C3/C(=O)NC(=S)N(c4ccccc4C)C3=O)cc21. The van der Waals surface area contributed by atoms with Crippen LogP contribution in [0.25, 0.3) is 11.6 Å². The molecule has 32 heavy (non-hydrogen) atoms. The van der Waals surface area contributed by atoms with E-state index in [2.05, 4.69) is 37.1 Å². The summed E-state index contributed by atoms with van der Waals surface area (Å²) in [4.78, 5) is 29.6. The highest BCUT2D eigenvalue weighted by Crippen LogP contribution is 2.41. The van der Waals surface area contributed by atoms with E-state index in [1.807, 2.05) is 44.3 Å². The molecule has 0 aliphatic carbocycles. The van der Waals surface area contributed by atoms with Crippen molar-refractivity contribution in [2.24, 2.45) is 0 Å². The highest BCUT2D eigenvalue weighted by Gasteiger charge is 2.35. The molecule has 5 nitrogen and oxygen atoms in total. The van der Waals surface area contributed by atoms with Crippen molar-refractivity contribution in [3.8, 4) is 0 Å². The zero-order chi connectivity index (χ0) is 23.4. The summed E-state index contributed by atoms with van der Waals surface area (Å²) >= 11 is 11.9. The summed E-state index contributed by atoms with van der Waals surface area (Å²) in [7, 11) is 2.02. The van der Waals surface area contributed by atoms with Crippen molar-refractivity contribution in [1.29, 1.82) is 0 Å². The minimum Gasteiger partial charge on any atom is -0.365 e. The first-order valence-electron chi connectivity index (χ1n) is 10.3. The number of nitrogens with zero attached hydrogens (tertiary/aromatic N) is 2. The molecule has 2 amide bonds. The Balaban J connectivity index is 1.81. The van der Waals surface area contributed by atoms with Gasteiger partial charge in [0.2, 0.25) is 0 Å². The molecule has 2 aliphatic rings. The molecule has 7 heteroatoms. The molecule has 2 aliphatic heterocycles. The van der Waals surface area contributed by atoms with Crippen LogP contribution in [0.15, 0.2) is 48.0 Å². The van der Waals surface area contributed by atoms with Gasteiger partial charge < -0.3 is 4.90 Å². The molecule has 0 bridgehead atoms. The van der Waals surface area contributed by atoms with Gasteiger partial charge in [-0.25, -0.2) is 0 Å². The monoisotopic (exact) mass is 465 g/mol. The number of nitrogens with one attached hydrogen (secondary N) is 1. The van der Waals surface area contributed by atoms with E-state index < -0.39 is 11.8 Å². The quantitative estimate of drug-likeness (QED) is 0.380. The average molecular weight is 466 g/mol. The standard InChI is InChI=1S/C25H24ClN3O2S/c1-14-8-6-7-9-20(14)29-23(31)18(22(30)27-24(29)32)11-16-10-17-15(2)13-25(3,4)28(5)21(17)12-19(16)26/h6-13H,1-5H3,(H,27,30,32)/b18-11-. The van der Waals surface area contributed by atoms with Crippen molar-refractivity contribution in [1.82, 2.24) is 5.32 Å². The van der Waals surface area contributed by atoms with Crippen molar-refractivity contribution < 1.29 is 9.59 Å². The van der Waals surface area contributed by atoms with Crippen LogP contribution in [0.2, 0.25) is 5.02 Å². The minimum atomic E-state index is -0.538. The molecule has 0 unspecified atom stereocenters. The fourth-order valence-corrected chi connectivity index (χ4v) is 4.63. The smallest absolute Gasteiger partial charge is 0.270 e. The summed E-state index contributed by atoms with van der Waals surface area (Å²) in [5.74, 6) is -1.02. The fourth-order valence-electron chi connectivity index (χ4n) is 4.14. The number of fused-ring (bicyclic) bond motifs is 1. The van der Waals surface area contributed by atoms with Crippen LogP contribution in [-0.4, -0.2) is 29.5 Å². The molecule has 1 saturated heterocycles. The number of carbonyl (C=O) groups is 2. The van der Waals surface area contributed by atoms with E-state index in [4.69, 9.17) is 23.8 Å². The zero-order valence-corrected chi connectivity index (χ0v) is 20.2. The average Bonchev–Trinajstić information content (AvgIpc) is 2.71. The molecule has 1 N–H and O–H groups in total. The van der Waals surface area contributed by atoms with Crippen LogP contribution in [0.5, 0.6) is 0 Å². The lowest BCUT2D eigenvalue weighted by Crippen LogP contribution is -2.54. The number of carbonyl (C=O) groups excluding carboxylic acids is 2. The number of benzene rings is 2. The number of para-hydroxylation sites is 1. The predicted octanol–water partition coefficient (Wildman–Crippen LogP) is 5.11. The van der Waals surface area contributed by atoms with Gasteiger partial charge in [0.25, 0.3) is 11.8 Å². The van der Waals surface area contributed by atoms with E-state index in [1.54, 1.807) is 12.1 Å². The van der Waals surface area contributed by atoms with Gasteiger partial charge in [-0.1, -0.05) is 35.9 Å². The predicted molar refractivity (Wildman–Crippen MR) is 135 cm³/mol. The van der Waals surface area contributed by atoms with Gasteiger partial charge in [0.05, 0.1) is 11.2 Å². The lowest BCUT2D eigenvalue weighted by Gasteiger charge is -2.41. The van der Waals surface area contributed by atoms with Crippen LogP contribution in [0, 0.1) is 6.92 Å². The Kier molecular flexibility index (Phi) is 5.47. The van der Waals surface area contributed by atoms with Crippen LogP contribution in [0.1, 0.15) is 37.5 Å². The molecule has 0 radical (unpaired) electrons. The Bertz CT molecular complexity index is 1250.